The van der Waals surface area contributed by atoms with E-state index in [0.717, 1.165) is 16.6 Å². The number of carbonyl (C=O) groups excluding carboxylic acids is 2. The quantitative estimate of drug-likeness (QED) is 0.488. The number of carbonyl (C=O) groups is 2. The van der Waals surface area contributed by atoms with Crippen molar-refractivity contribution in [1.82, 2.24) is 9.47 Å². The maximum absolute atomic E-state index is 13.0. The van der Waals surface area contributed by atoms with Gasteiger partial charge in [0.05, 0.1) is 11.1 Å². The average molecular weight is 408 g/mol. The number of hydrogen-bond acceptors (Lipinski definition) is 5. The number of fused-ring (bicyclic) bond motifs is 1. The second kappa shape index (κ2) is 7.82. The van der Waals surface area contributed by atoms with Crippen molar-refractivity contribution in [3.63, 3.8) is 0 Å². The van der Waals surface area contributed by atoms with Gasteiger partial charge >= 0.3 is 11.7 Å². The molecule has 1 amide bonds. The van der Waals surface area contributed by atoms with E-state index in [4.69, 9.17) is 9.15 Å². The molecule has 2 aromatic carbocycles. The molecule has 0 N–H and O–H groups in total. The van der Waals surface area contributed by atoms with E-state index in [-0.39, 0.29) is 23.5 Å². The lowest BCUT2D eigenvalue weighted by atomic mass is 10.0. The van der Waals surface area contributed by atoms with Crippen molar-refractivity contribution in [1.29, 1.82) is 0 Å². The van der Waals surface area contributed by atoms with Crippen molar-refractivity contribution in [2.45, 2.75) is 39.7 Å². The average Bonchev–Trinajstić information content (AvgIpc) is 3.04. The third kappa shape index (κ3) is 3.63. The van der Waals surface area contributed by atoms with Crippen LogP contribution in [0.25, 0.3) is 11.1 Å². The molecule has 2 heterocycles. The summed E-state index contributed by atoms with van der Waals surface area (Å²) in [5.74, 6) is -0.740. The minimum Gasteiger partial charge on any atom is -0.426 e. The van der Waals surface area contributed by atoms with E-state index in [0.29, 0.717) is 37.1 Å². The van der Waals surface area contributed by atoms with Crippen LogP contribution in [0.3, 0.4) is 0 Å². The van der Waals surface area contributed by atoms with Crippen LogP contribution < -0.4 is 10.5 Å². The largest absolute Gasteiger partial charge is 0.426 e. The summed E-state index contributed by atoms with van der Waals surface area (Å²) in [6, 6.07) is 10.7. The molecule has 0 radical (unpaired) electrons. The van der Waals surface area contributed by atoms with Gasteiger partial charge in [0.2, 0.25) is 0 Å². The molecule has 7 heteroatoms. The Kier molecular flexibility index (Phi) is 5.20. The lowest BCUT2D eigenvalue weighted by Gasteiger charge is -2.32. The number of likely N-dealkylation sites (tertiary alicyclic amines) is 1. The topological polar surface area (TPSA) is 81.8 Å². The molecule has 0 atom stereocenters. The fourth-order valence-corrected chi connectivity index (χ4v) is 4.21. The van der Waals surface area contributed by atoms with Crippen LogP contribution in [0.15, 0.2) is 45.6 Å². The highest BCUT2D eigenvalue weighted by molar-refractivity contribution is 5.97. The Labute approximate surface area is 173 Å². The molecule has 4 rings (SSSR count). The van der Waals surface area contributed by atoms with E-state index in [9.17, 15) is 14.4 Å². The molecule has 30 heavy (non-hydrogen) atoms. The van der Waals surface area contributed by atoms with Crippen LogP contribution in [-0.4, -0.2) is 34.4 Å². The number of oxazole rings is 1. The van der Waals surface area contributed by atoms with Crippen LogP contribution in [0.4, 0.5) is 0 Å². The predicted octanol–water partition coefficient (Wildman–Crippen LogP) is 3.61. The Morgan fingerprint density at radius 2 is 1.80 bits per heavy atom. The van der Waals surface area contributed by atoms with Crippen LogP contribution in [0.1, 0.15) is 47.3 Å². The van der Waals surface area contributed by atoms with Gasteiger partial charge in [-0.2, -0.15) is 0 Å². The van der Waals surface area contributed by atoms with E-state index in [1.165, 1.54) is 6.92 Å². The molecule has 0 saturated carbocycles. The van der Waals surface area contributed by atoms with E-state index < -0.39 is 5.97 Å². The minimum atomic E-state index is -0.467. The van der Waals surface area contributed by atoms with Crippen LogP contribution >= 0.6 is 0 Å². The van der Waals surface area contributed by atoms with Crippen LogP contribution in [0, 0.1) is 13.8 Å². The van der Waals surface area contributed by atoms with Gasteiger partial charge in [0.25, 0.3) is 5.91 Å². The molecular formula is C23H24N2O5. The lowest BCUT2D eigenvalue weighted by Crippen LogP contribution is -2.40. The number of hydrogen-bond donors (Lipinski definition) is 0. The maximum atomic E-state index is 13.0. The number of nitrogens with zero attached hydrogens (tertiary/aromatic N) is 2. The third-order valence-electron chi connectivity index (χ3n) is 5.53. The molecule has 1 aliphatic heterocycles. The van der Waals surface area contributed by atoms with Gasteiger partial charge < -0.3 is 14.1 Å². The Hall–Kier alpha value is -3.35. The summed E-state index contributed by atoms with van der Waals surface area (Å²) in [5, 5.41) is 0. The molecular weight excluding hydrogens is 384 g/mol. The SMILES string of the molecule is CC(=O)Oc1ccccc1C(=O)N1CCC(n2c(=O)oc3c(C)cc(C)cc32)CC1. The fraction of sp³-hybridized carbons (Fsp3) is 0.348. The number of aryl methyl sites for hydroxylation is 2. The molecule has 0 spiro atoms. The number of amides is 1. The monoisotopic (exact) mass is 408 g/mol. The Morgan fingerprint density at radius 1 is 1.10 bits per heavy atom. The molecule has 1 aliphatic rings. The number of para-hydroxylation sites is 1. The Morgan fingerprint density at radius 3 is 2.50 bits per heavy atom. The highest BCUT2D eigenvalue weighted by Gasteiger charge is 2.29. The van der Waals surface area contributed by atoms with E-state index in [1.807, 2.05) is 26.0 Å². The zero-order valence-electron chi connectivity index (χ0n) is 17.3. The van der Waals surface area contributed by atoms with Crippen molar-refractivity contribution in [2.75, 3.05) is 13.1 Å². The molecule has 0 aliphatic carbocycles. The molecule has 3 aromatic rings. The van der Waals surface area contributed by atoms with Gasteiger partial charge in [-0.05, 0) is 56.0 Å². The molecule has 1 saturated heterocycles. The van der Waals surface area contributed by atoms with Crippen molar-refractivity contribution < 1.29 is 18.7 Å². The van der Waals surface area contributed by atoms with Gasteiger partial charge in [-0.15, -0.1) is 0 Å². The van der Waals surface area contributed by atoms with Crippen molar-refractivity contribution >= 4 is 23.0 Å². The first-order valence-corrected chi connectivity index (χ1v) is 10.0. The molecule has 0 unspecified atom stereocenters. The predicted molar refractivity (Wildman–Crippen MR) is 112 cm³/mol. The first kappa shape index (κ1) is 19.9. The maximum Gasteiger partial charge on any atom is 0.420 e. The molecule has 1 aromatic heterocycles. The Bertz CT molecular complexity index is 1180. The van der Waals surface area contributed by atoms with Crippen molar-refractivity contribution in [3.05, 3.63) is 63.6 Å². The molecule has 1 fully saturated rings. The molecule has 7 nitrogen and oxygen atoms in total. The molecule has 0 bridgehead atoms. The zero-order chi connectivity index (χ0) is 21.4. The summed E-state index contributed by atoms with van der Waals surface area (Å²) in [5.41, 5.74) is 3.81. The van der Waals surface area contributed by atoms with Crippen LogP contribution in [-0.2, 0) is 4.79 Å². The third-order valence-corrected chi connectivity index (χ3v) is 5.53. The smallest absolute Gasteiger partial charge is 0.420 e. The fourth-order valence-electron chi connectivity index (χ4n) is 4.21. The summed E-state index contributed by atoms with van der Waals surface area (Å²) in [6.45, 7) is 6.24. The number of ether oxygens (including phenoxy) is 1. The summed E-state index contributed by atoms with van der Waals surface area (Å²) in [4.78, 5) is 38.6. The van der Waals surface area contributed by atoms with Crippen LogP contribution in [0.5, 0.6) is 5.75 Å². The first-order valence-electron chi connectivity index (χ1n) is 10.0. The highest BCUT2D eigenvalue weighted by Crippen LogP contribution is 2.29. The normalized spacial score (nSPS) is 14.8. The summed E-state index contributed by atoms with van der Waals surface area (Å²) in [7, 11) is 0. The zero-order valence-corrected chi connectivity index (χ0v) is 17.3. The number of piperidine rings is 1. The molecule has 156 valence electrons. The second-order valence-electron chi connectivity index (χ2n) is 7.78. The summed E-state index contributed by atoms with van der Waals surface area (Å²) >= 11 is 0. The number of benzene rings is 2. The number of aromatic nitrogens is 1. The van der Waals surface area contributed by atoms with Crippen molar-refractivity contribution in [3.8, 4) is 5.75 Å². The first-order chi connectivity index (χ1) is 14.3. The second-order valence-corrected chi connectivity index (χ2v) is 7.78. The van der Waals surface area contributed by atoms with Crippen LogP contribution in [0.2, 0.25) is 0 Å². The Balaban J connectivity index is 1.55. The van der Waals surface area contributed by atoms with Gasteiger partial charge in [-0.1, -0.05) is 18.2 Å². The van der Waals surface area contributed by atoms with Gasteiger partial charge in [0, 0.05) is 26.1 Å². The highest BCUT2D eigenvalue weighted by atomic mass is 16.5. The van der Waals surface area contributed by atoms with E-state index in [1.54, 1.807) is 33.7 Å². The van der Waals surface area contributed by atoms with Gasteiger partial charge in [-0.25, -0.2) is 4.79 Å². The van der Waals surface area contributed by atoms with Gasteiger partial charge in [0.1, 0.15) is 5.75 Å². The number of rotatable bonds is 3. The van der Waals surface area contributed by atoms with Gasteiger partial charge in [-0.3, -0.25) is 14.2 Å². The van der Waals surface area contributed by atoms with Gasteiger partial charge in [0.15, 0.2) is 5.58 Å². The standard InChI is InChI=1S/C23H24N2O5/c1-14-12-15(2)21-19(13-14)25(23(28)30-21)17-8-10-24(11-9-17)22(27)18-6-4-5-7-20(18)29-16(3)26/h4-7,12-13,17H,8-11H2,1-3H3. The summed E-state index contributed by atoms with van der Waals surface area (Å²) in [6.07, 6.45) is 1.28. The summed E-state index contributed by atoms with van der Waals surface area (Å²) < 4.78 is 12.4. The van der Waals surface area contributed by atoms with E-state index in [2.05, 4.69) is 0 Å². The number of esters is 1. The minimum absolute atomic E-state index is 0.0345. The lowest BCUT2D eigenvalue weighted by molar-refractivity contribution is -0.131. The van der Waals surface area contributed by atoms with Crippen molar-refractivity contribution in [2.24, 2.45) is 0 Å². The van der Waals surface area contributed by atoms with E-state index >= 15 is 0 Å².